The molecule has 0 saturated heterocycles. The van der Waals surface area contributed by atoms with Crippen LogP contribution >= 0.6 is 0 Å². The number of benzene rings is 2. The normalized spacial score (nSPS) is 12.3. The Morgan fingerprint density at radius 2 is 1.67 bits per heavy atom. The lowest BCUT2D eigenvalue weighted by Crippen LogP contribution is -2.24. The topological polar surface area (TPSA) is 40.0 Å². The summed E-state index contributed by atoms with van der Waals surface area (Å²) in [5.74, 6) is 1.57. The van der Waals surface area contributed by atoms with Crippen molar-refractivity contribution in [2.24, 2.45) is 5.16 Å². The van der Waals surface area contributed by atoms with Gasteiger partial charge in [0.25, 0.3) is 0 Å². The van der Waals surface area contributed by atoms with E-state index >= 15 is 0 Å². The Kier molecular flexibility index (Phi) is 8.33. The van der Waals surface area contributed by atoms with Crippen molar-refractivity contribution in [1.82, 2.24) is 0 Å². The van der Waals surface area contributed by atoms with Gasteiger partial charge in [-0.1, -0.05) is 41.6 Å². The highest BCUT2D eigenvalue weighted by Gasteiger charge is 2.37. The third-order valence-corrected chi connectivity index (χ3v) is 4.33. The van der Waals surface area contributed by atoms with Gasteiger partial charge in [0.1, 0.15) is 25.2 Å². The average Bonchev–Trinajstić information content (AvgIpc) is 2.68. The second kappa shape index (κ2) is 10.7. The van der Waals surface area contributed by atoms with E-state index in [1.165, 1.54) is 12.1 Å². The van der Waals surface area contributed by atoms with Crippen LogP contribution in [0, 0.1) is 13.8 Å². The number of halogens is 3. The first-order chi connectivity index (χ1) is 14.3. The molecule has 0 fully saturated rings. The van der Waals surface area contributed by atoms with Crippen molar-refractivity contribution in [3.63, 3.8) is 0 Å². The number of ether oxygens (including phenoxy) is 2. The van der Waals surface area contributed by atoms with E-state index in [1.54, 1.807) is 12.1 Å². The van der Waals surface area contributed by atoms with E-state index in [2.05, 4.69) is 9.99 Å². The van der Waals surface area contributed by atoms with Gasteiger partial charge < -0.3 is 14.3 Å². The molecular weight excluding hydrogens is 395 g/mol. The molecule has 2 aromatic carbocycles. The lowest BCUT2D eigenvalue weighted by atomic mass is 10.1. The van der Waals surface area contributed by atoms with Crippen LogP contribution in [0.2, 0.25) is 0 Å². The molecule has 2 aromatic rings. The van der Waals surface area contributed by atoms with Crippen LogP contribution in [0.25, 0.3) is 0 Å². The van der Waals surface area contributed by atoms with Crippen molar-refractivity contribution in [3.8, 4) is 11.5 Å². The fraction of sp³-hybridized carbons (Fsp3) is 0.348. The Morgan fingerprint density at radius 1 is 1.03 bits per heavy atom. The number of oxime groups is 1. The van der Waals surface area contributed by atoms with Gasteiger partial charge >= 0.3 is 6.18 Å². The molecule has 30 heavy (non-hydrogen) atoms. The number of hydrogen-bond acceptors (Lipinski definition) is 4. The summed E-state index contributed by atoms with van der Waals surface area (Å²) < 4.78 is 50.7. The monoisotopic (exact) mass is 421 g/mol. The summed E-state index contributed by atoms with van der Waals surface area (Å²) in [4.78, 5) is 4.32. The Morgan fingerprint density at radius 3 is 2.20 bits per heavy atom. The zero-order valence-electron chi connectivity index (χ0n) is 17.5. The lowest BCUT2D eigenvalue weighted by molar-refractivity contribution is -0.0608. The molecule has 2 rings (SSSR count). The SMILES string of the molecule is C/C=C/COc1cc(C)c(OCCc2ccc(/C(=N/OC)C(F)(F)F)cc2)c(C)c1. The van der Waals surface area contributed by atoms with E-state index in [4.69, 9.17) is 9.47 Å². The number of hydrogen-bond donors (Lipinski definition) is 0. The van der Waals surface area contributed by atoms with Gasteiger partial charge in [-0.25, -0.2) is 0 Å². The van der Waals surface area contributed by atoms with Crippen molar-refractivity contribution in [2.45, 2.75) is 33.4 Å². The van der Waals surface area contributed by atoms with Gasteiger partial charge in [0.05, 0.1) is 6.61 Å². The minimum atomic E-state index is -4.58. The molecule has 162 valence electrons. The summed E-state index contributed by atoms with van der Waals surface area (Å²) in [6.45, 7) is 6.75. The van der Waals surface area contributed by atoms with Crippen LogP contribution in [-0.2, 0) is 11.3 Å². The fourth-order valence-corrected chi connectivity index (χ4v) is 2.92. The molecule has 7 heteroatoms. The fourth-order valence-electron chi connectivity index (χ4n) is 2.92. The second-order valence-corrected chi connectivity index (χ2v) is 6.68. The standard InChI is InChI=1S/C23H26F3NO3/c1-5-6-12-29-20-14-16(2)21(17(3)15-20)30-13-11-18-7-9-19(10-8-18)22(27-28-4)23(24,25)26/h5-10,14-15H,11-13H2,1-4H3/b6-5+,27-22-. The van der Waals surface area contributed by atoms with Crippen molar-refractivity contribution in [2.75, 3.05) is 20.3 Å². The molecular formula is C23H26F3NO3. The number of rotatable bonds is 9. The molecule has 0 spiro atoms. The van der Waals surface area contributed by atoms with E-state index in [-0.39, 0.29) is 5.56 Å². The van der Waals surface area contributed by atoms with E-state index in [0.717, 1.165) is 35.3 Å². The first-order valence-electron chi connectivity index (χ1n) is 9.52. The average molecular weight is 421 g/mol. The maximum Gasteiger partial charge on any atom is 0.437 e. The number of allylic oxidation sites excluding steroid dienone is 1. The van der Waals surface area contributed by atoms with Crippen molar-refractivity contribution >= 4 is 5.71 Å². The van der Waals surface area contributed by atoms with Crippen molar-refractivity contribution < 1.29 is 27.5 Å². The van der Waals surface area contributed by atoms with Crippen LogP contribution in [0.1, 0.15) is 29.2 Å². The third-order valence-electron chi connectivity index (χ3n) is 4.33. The molecule has 0 N–H and O–H groups in total. The lowest BCUT2D eigenvalue weighted by Gasteiger charge is -2.15. The first kappa shape index (κ1) is 23.3. The quantitative estimate of drug-likeness (QED) is 0.292. The van der Waals surface area contributed by atoms with Gasteiger partial charge in [-0.3, -0.25) is 0 Å². The van der Waals surface area contributed by atoms with E-state index in [1.807, 2.05) is 45.1 Å². The van der Waals surface area contributed by atoms with Crippen LogP contribution in [0.5, 0.6) is 11.5 Å². The molecule has 0 amide bonds. The minimum Gasteiger partial charge on any atom is -0.493 e. The number of nitrogens with zero attached hydrogens (tertiary/aromatic N) is 1. The van der Waals surface area contributed by atoms with Gasteiger partial charge in [0.2, 0.25) is 0 Å². The molecule has 0 aromatic heterocycles. The summed E-state index contributed by atoms with van der Waals surface area (Å²) in [6.07, 6.45) is -0.170. The smallest absolute Gasteiger partial charge is 0.437 e. The number of alkyl halides is 3. The maximum absolute atomic E-state index is 13.0. The Balaban J connectivity index is 1.99. The molecule has 0 aliphatic rings. The van der Waals surface area contributed by atoms with Crippen molar-refractivity contribution in [1.29, 1.82) is 0 Å². The molecule has 0 atom stereocenters. The molecule has 0 aliphatic heterocycles. The van der Waals surface area contributed by atoms with E-state index < -0.39 is 11.9 Å². The first-order valence-corrected chi connectivity index (χ1v) is 9.52. The van der Waals surface area contributed by atoms with Crippen LogP contribution in [0.15, 0.2) is 53.7 Å². The van der Waals surface area contributed by atoms with Gasteiger partial charge in [0.15, 0.2) is 5.71 Å². The largest absolute Gasteiger partial charge is 0.493 e. The van der Waals surface area contributed by atoms with Gasteiger partial charge in [-0.05, 0) is 49.6 Å². The van der Waals surface area contributed by atoms with Crippen LogP contribution in [-0.4, -0.2) is 32.2 Å². The zero-order chi connectivity index (χ0) is 22.1. The van der Waals surface area contributed by atoms with Gasteiger partial charge in [-0.15, -0.1) is 0 Å². The minimum absolute atomic E-state index is 0.0470. The predicted molar refractivity (Wildman–Crippen MR) is 111 cm³/mol. The van der Waals surface area contributed by atoms with Crippen LogP contribution in [0.3, 0.4) is 0 Å². The Bertz CT molecular complexity index is 865. The van der Waals surface area contributed by atoms with E-state index in [0.29, 0.717) is 19.6 Å². The van der Waals surface area contributed by atoms with Crippen LogP contribution in [0.4, 0.5) is 13.2 Å². The molecule has 0 heterocycles. The molecule has 0 saturated carbocycles. The summed E-state index contributed by atoms with van der Waals surface area (Å²) in [6, 6.07) is 9.88. The predicted octanol–water partition coefficient (Wildman–Crippen LogP) is 5.79. The Hall–Kier alpha value is -2.96. The highest BCUT2D eigenvalue weighted by molar-refractivity contribution is 6.04. The summed E-state index contributed by atoms with van der Waals surface area (Å²) in [7, 11) is 1.09. The summed E-state index contributed by atoms with van der Waals surface area (Å²) in [5, 5.41) is 3.10. The van der Waals surface area contributed by atoms with E-state index in [9.17, 15) is 13.2 Å². The van der Waals surface area contributed by atoms with Gasteiger partial charge in [0, 0.05) is 12.0 Å². The van der Waals surface area contributed by atoms with Crippen LogP contribution < -0.4 is 9.47 Å². The molecule has 0 radical (unpaired) electrons. The molecule has 0 unspecified atom stereocenters. The highest BCUT2D eigenvalue weighted by atomic mass is 19.4. The summed E-state index contributed by atoms with van der Waals surface area (Å²) in [5.41, 5.74) is 1.68. The summed E-state index contributed by atoms with van der Waals surface area (Å²) >= 11 is 0. The van der Waals surface area contributed by atoms with Crippen molar-refractivity contribution in [3.05, 3.63) is 70.8 Å². The Labute approximate surface area is 174 Å². The third kappa shape index (κ3) is 6.54. The second-order valence-electron chi connectivity index (χ2n) is 6.68. The molecule has 0 aliphatic carbocycles. The molecule has 4 nitrogen and oxygen atoms in total. The molecule has 0 bridgehead atoms. The highest BCUT2D eigenvalue weighted by Crippen LogP contribution is 2.29. The van der Waals surface area contributed by atoms with Gasteiger partial charge in [-0.2, -0.15) is 13.2 Å². The zero-order valence-corrected chi connectivity index (χ0v) is 17.5. The number of aryl methyl sites for hydroxylation is 2. The maximum atomic E-state index is 13.0.